The van der Waals surface area contributed by atoms with Crippen molar-refractivity contribution in [2.24, 2.45) is 4.99 Å². The summed E-state index contributed by atoms with van der Waals surface area (Å²) in [6.07, 6.45) is 3.60. The minimum atomic E-state index is 0.419. The van der Waals surface area contributed by atoms with Gasteiger partial charge in [-0.25, -0.2) is 0 Å². The largest absolute Gasteiger partial charge is 0.258 e. The van der Waals surface area contributed by atoms with Crippen LogP contribution in [-0.2, 0) is 0 Å². The molecule has 0 spiro atoms. The molecule has 1 aliphatic heterocycles. The Kier molecular flexibility index (Phi) is 0.965. The summed E-state index contributed by atoms with van der Waals surface area (Å²) in [5.74, 6) is 0.905. The molecule has 0 bridgehead atoms. The second kappa shape index (κ2) is 2.03. The van der Waals surface area contributed by atoms with E-state index in [1.165, 1.54) is 11.8 Å². The molecule has 6 heavy (non-hydrogen) atoms. The van der Waals surface area contributed by atoms with Gasteiger partial charge in [-0.1, -0.05) is 6.08 Å². The predicted molar refractivity (Wildman–Crippen MR) is 30.1 cm³/mol. The van der Waals surface area contributed by atoms with Crippen LogP contribution < -0.4 is 0 Å². The van der Waals surface area contributed by atoms with E-state index in [-0.39, 0.29) is 0 Å². The van der Waals surface area contributed by atoms with Crippen LogP contribution in [0.1, 0.15) is 1.37 Å². The van der Waals surface area contributed by atoms with Gasteiger partial charge in [0.15, 0.2) is 0 Å². The Balaban J connectivity index is 2.57. The summed E-state index contributed by atoms with van der Waals surface area (Å²) in [6, 6.07) is 0. The number of aliphatic imine (C=N–C) groups is 1. The first-order valence-electron chi connectivity index (χ1n) is 2.22. The smallest absolute Gasteiger partial charge is 0.0916 e. The predicted octanol–water partition coefficient (Wildman–Crippen LogP) is 1.28. The van der Waals surface area contributed by atoms with Gasteiger partial charge in [-0.15, -0.1) is 11.8 Å². The van der Waals surface area contributed by atoms with E-state index in [1.807, 2.05) is 6.08 Å². The highest BCUT2D eigenvalue weighted by Gasteiger charge is 1.78. The number of nitrogens with zero attached hydrogens (tertiary/aromatic N) is 1. The fourth-order valence-electron chi connectivity index (χ4n) is 0.249. The summed E-state index contributed by atoms with van der Waals surface area (Å²) in [5.41, 5.74) is 0.419. The van der Waals surface area contributed by atoms with Crippen molar-refractivity contribution in [1.82, 2.24) is 0 Å². The zero-order chi connectivity index (χ0) is 5.11. The normalized spacial score (nSPS) is 22.7. The van der Waals surface area contributed by atoms with Crippen molar-refractivity contribution in [2.45, 2.75) is 0 Å². The van der Waals surface area contributed by atoms with Gasteiger partial charge >= 0.3 is 0 Å². The maximum atomic E-state index is 6.93. The second-order valence-corrected chi connectivity index (χ2v) is 1.72. The van der Waals surface area contributed by atoms with Crippen molar-refractivity contribution in [3.8, 4) is 0 Å². The van der Waals surface area contributed by atoms with E-state index in [2.05, 4.69) is 4.99 Å². The zero-order valence-electron chi connectivity index (χ0n) is 4.22. The van der Waals surface area contributed by atoms with Crippen LogP contribution in [-0.4, -0.2) is 11.3 Å². The van der Waals surface area contributed by atoms with Crippen molar-refractivity contribution in [3.63, 3.8) is 0 Å². The lowest BCUT2D eigenvalue weighted by Crippen LogP contribution is -1.73. The zero-order valence-corrected chi connectivity index (χ0v) is 4.03. The van der Waals surface area contributed by atoms with E-state index < -0.39 is 0 Å². The summed E-state index contributed by atoms with van der Waals surface area (Å²) in [4.78, 5) is 3.70. The molecule has 0 saturated carbocycles. The van der Waals surface area contributed by atoms with Gasteiger partial charge < -0.3 is 0 Å². The van der Waals surface area contributed by atoms with Crippen LogP contribution in [0.2, 0.25) is 0 Å². The van der Waals surface area contributed by atoms with Crippen LogP contribution in [0, 0.1) is 0 Å². The van der Waals surface area contributed by atoms with Gasteiger partial charge in [-0.3, -0.25) is 4.99 Å². The van der Waals surface area contributed by atoms with Gasteiger partial charge in [0.2, 0.25) is 0 Å². The van der Waals surface area contributed by atoms with Gasteiger partial charge in [0.05, 0.1) is 6.89 Å². The summed E-state index contributed by atoms with van der Waals surface area (Å²) < 4.78 is 6.93. The van der Waals surface area contributed by atoms with Gasteiger partial charge in [0, 0.05) is 12.0 Å². The molecule has 1 aliphatic rings. The first-order valence-corrected chi connectivity index (χ1v) is 2.70. The van der Waals surface area contributed by atoms with E-state index in [0.717, 1.165) is 5.75 Å². The average molecular weight is 100 g/mol. The van der Waals surface area contributed by atoms with Crippen molar-refractivity contribution in [1.29, 1.82) is 0 Å². The van der Waals surface area contributed by atoms with E-state index in [0.29, 0.717) is 5.52 Å². The monoisotopic (exact) mass is 100 g/mol. The molecular weight excluding hydrogens is 94.1 g/mol. The number of hydrogen-bond acceptors (Lipinski definition) is 2. The maximum absolute atomic E-state index is 6.93. The average Bonchev–Trinajstić information content (AvgIpc) is 1.69. The molecule has 0 atom stereocenters. The minimum absolute atomic E-state index is 0.419. The molecule has 2 heteroatoms. The van der Waals surface area contributed by atoms with E-state index >= 15 is 0 Å². The molecule has 0 radical (unpaired) electrons. The molecule has 0 fully saturated rings. The highest BCUT2D eigenvalue weighted by atomic mass is 32.2. The lowest BCUT2D eigenvalue weighted by molar-refractivity contribution is 1.55. The summed E-state index contributed by atoms with van der Waals surface area (Å²) in [7, 11) is 0. The third-order valence-electron chi connectivity index (χ3n) is 0.477. The molecule has 0 N–H and O–H groups in total. The molecule has 0 aromatic rings. The van der Waals surface area contributed by atoms with E-state index in [9.17, 15) is 0 Å². The molecule has 0 aliphatic carbocycles. The van der Waals surface area contributed by atoms with E-state index in [4.69, 9.17) is 1.37 Å². The minimum Gasteiger partial charge on any atom is -0.258 e. The topological polar surface area (TPSA) is 12.4 Å². The summed E-state index contributed by atoms with van der Waals surface area (Å²) >= 11 is 1.45. The Morgan fingerprint density at radius 1 is 2.00 bits per heavy atom. The van der Waals surface area contributed by atoms with Gasteiger partial charge in [0.25, 0.3) is 0 Å². The van der Waals surface area contributed by atoms with Gasteiger partial charge in [0.1, 0.15) is 0 Å². The Labute approximate surface area is 42.6 Å². The van der Waals surface area contributed by atoms with Crippen LogP contribution in [0.25, 0.3) is 0 Å². The van der Waals surface area contributed by atoms with Crippen LogP contribution >= 0.6 is 11.8 Å². The SMILES string of the molecule is [2H]C1=NC=CCS1. The van der Waals surface area contributed by atoms with Crippen LogP contribution in [0.15, 0.2) is 17.3 Å². The Morgan fingerprint density at radius 2 is 3.00 bits per heavy atom. The first-order chi connectivity index (χ1) is 3.39. The highest BCUT2D eigenvalue weighted by molar-refractivity contribution is 8.12. The molecule has 32 valence electrons. The molecule has 1 rings (SSSR count). The molecule has 0 aromatic heterocycles. The fourth-order valence-corrected chi connectivity index (χ4v) is 0.641. The summed E-state index contributed by atoms with van der Waals surface area (Å²) in [6.45, 7) is 0. The van der Waals surface area contributed by atoms with Crippen LogP contribution in [0.5, 0.6) is 0 Å². The van der Waals surface area contributed by atoms with Crippen LogP contribution in [0.4, 0.5) is 0 Å². The molecule has 0 amide bonds. The van der Waals surface area contributed by atoms with Crippen molar-refractivity contribution in [3.05, 3.63) is 12.3 Å². The molecule has 1 nitrogen and oxygen atoms in total. The quantitative estimate of drug-likeness (QED) is 0.446. The lowest BCUT2D eigenvalue weighted by Gasteiger charge is -1.87. The Hall–Kier alpha value is -0.240. The number of thioether (sulfide) groups is 1. The highest BCUT2D eigenvalue weighted by Crippen LogP contribution is 1.99. The van der Waals surface area contributed by atoms with Gasteiger partial charge in [-0.05, 0) is 0 Å². The third-order valence-corrected chi connectivity index (χ3v) is 1.07. The van der Waals surface area contributed by atoms with Crippen molar-refractivity contribution >= 4 is 17.3 Å². The molecule has 1 heterocycles. The molecule has 0 aromatic carbocycles. The fraction of sp³-hybridized carbons (Fsp3) is 0.250. The first kappa shape index (κ1) is 2.86. The molecular formula is C4H5NS. The van der Waals surface area contributed by atoms with E-state index in [1.54, 1.807) is 6.20 Å². The number of hydrogen-bond donors (Lipinski definition) is 0. The van der Waals surface area contributed by atoms with Crippen molar-refractivity contribution < 1.29 is 1.37 Å². The Morgan fingerprint density at radius 3 is 3.33 bits per heavy atom. The second-order valence-electron chi connectivity index (χ2n) is 0.916. The Bertz CT molecular complexity index is 119. The third kappa shape index (κ3) is 0.863. The number of rotatable bonds is 0. The van der Waals surface area contributed by atoms with Gasteiger partial charge in [-0.2, -0.15) is 0 Å². The maximum Gasteiger partial charge on any atom is 0.0916 e. The molecule has 0 unspecified atom stereocenters. The standard InChI is InChI=1S/C4H5NS/c1-2-5-4-6-3-1/h1-2,4H,3H2/i4D. The molecule has 0 saturated heterocycles. The lowest BCUT2D eigenvalue weighted by atomic mass is 10.7. The van der Waals surface area contributed by atoms with Crippen LogP contribution in [0.3, 0.4) is 0 Å². The van der Waals surface area contributed by atoms with Crippen molar-refractivity contribution in [2.75, 3.05) is 5.75 Å². The summed E-state index contributed by atoms with van der Waals surface area (Å²) in [5, 5.41) is 0.